The van der Waals surface area contributed by atoms with Crippen LogP contribution in [0.25, 0.3) is 0 Å². The SMILES string of the molecule is Cc1cccnc1CNS(=O)(=O)c1ccc(F)c(CO)c1. The maximum atomic E-state index is 13.3. The van der Waals surface area contributed by atoms with Gasteiger partial charge in [0, 0.05) is 11.8 Å². The molecule has 0 aliphatic carbocycles. The monoisotopic (exact) mass is 310 g/mol. The molecule has 0 unspecified atom stereocenters. The van der Waals surface area contributed by atoms with Gasteiger partial charge in [0.15, 0.2) is 0 Å². The van der Waals surface area contributed by atoms with Crippen LogP contribution in [-0.4, -0.2) is 18.5 Å². The minimum absolute atomic E-state index is 0.0425. The molecule has 0 amide bonds. The molecule has 7 heteroatoms. The summed E-state index contributed by atoms with van der Waals surface area (Å²) in [6, 6.07) is 6.89. The third kappa shape index (κ3) is 3.63. The summed E-state index contributed by atoms with van der Waals surface area (Å²) in [5, 5.41) is 8.99. The molecule has 1 heterocycles. The number of aliphatic hydroxyl groups excluding tert-OH is 1. The van der Waals surface area contributed by atoms with Crippen molar-refractivity contribution < 1.29 is 17.9 Å². The molecule has 2 N–H and O–H groups in total. The van der Waals surface area contributed by atoms with E-state index in [1.807, 2.05) is 13.0 Å². The second kappa shape index (κ2) is 6.30. The van der Waals surface area contributed by atoms with Crippen molar-refractivity contribution in [2.45, 2.75) is 25.0 Å². The summed E-state index contributed by atoms with van der Waals surface area (Å²) in [5.41, 5.74) is 1.42. The lowest BCUT2D eigenvalue weighted by Gasteiger charge is -2.09. The van der Waals surface area contributed by atoms with Crippen LogP contribution in [0.2, 0.25) is 0 Å². The largest absolute Gasteiger partial charge is 0.392 e. The Balaban J connectivity index is 2.21. The zero-order valence-corrected chi connectivity index (χ0v) is 12.2. The molecule has 0 fully saturated rings. The number of sulfonamides is 1. The Bertz CT molecular complexity index is 748. The second-order valence-corrected chi connectivity index (χ2v) is 6.27. The molecule has 0 spiro atoms. The van der Waals surface area contributed by atoms with Crippen LogP contribution in [0.1, 0.15) is 16.8 Å². The van der Waals surface area contributed by atoms with E-state index in [4.69, 9.17) is 5.11 Å². The summed E-state index contributed by atoms with van der Waals surface area (Å²) in [5.74, 6) is -0.642. The number of hydrogen-bond donors (Lipinski definition) is 2. The number of pyridine rings is 1. The minimum atomic E-state index is -3.79. The van der Waals surface area contributed by atoms with Gasteiger partial charge in [-0.2, -0.15) is 0 Å². The summed E-state index contributed by atoms with van der Waals surface area (Å²) in [7, 11) is -3.79. The highest BCUT2D eigenvalue weighted by molar-refractivity contribution is 7.89. The average molecular weight is 310 g/mol. The van der Waals surface area contributed by atoms with Gasteiger partial charge in [0.2, 0.25) is 10.0 Å². The van der Waals surface area contributed by atoms with E-state index < -0.39 is 22.4 Å². The van der Waals surface area contributed by atoms with Gasteiger partial charge >= 0.3 is 0 Å². The number of nitrogens with zero attached hydrogens (tertiary/aromatic N) is 1. The van der Waals surface area contributed by atoms with E-state index in [-0.39, 0.29) is 17.0 Å². The Kier molecular flexibility index (Phi) is 4.66. The Morgan fingerprint density at radius 2 is 2.10 bits per heavy atom. The fraction of sp³-hybridized carbons (Fsp3) is 0.214. The first-order valence-corrected chi connectivity index (χ1v) is 7.72. The predicted octanol–water partition coefficient (Wildman–Crippen LogP) is 1.50. The maximum absolute atomic E-state index is 13.3. The Morgan fingerprint density at radius 1 is 1.33 bits per heavy atom. The summed E-state index contributed by atoms with van der Waals surface area (Å²) < 4.78 is 40.0. The lowest BCUT2D eigenvalue weighted by Crippen LogP contribution is -2.24. The third-order valence-electron chi connectivity index (χ3n) is 3.05. The summed E-state index contributed by atoms with van der Waals surface area (Å²) in [4.78, 5) is 4.00. The normalized spacial score (nSPS) is 11.6. The Morgan fingerprint density at radius 3 is 2.76 bits per heavy atom. The second-order valence-electron chi connectivity index (χ2n) is 4.50. The molecular weight excluding hydrogens is 295 g/mol. The number of aliphatic hydroxyl groups is 1. The fourth-order valence-corrected chi connectivity index (χ4v) is 2.83. The Hall–Kier alpha value is -1.83. The van der Waals surface area contributed by atoms with Gasteiger partial charge in [0.25, 0.3) is 0 Å². The minimum Gasteiger partial charge on any atom is -0.392 e. The molecule has 0 saturated heterocycles. The van der Waals surface area contributed by atoms with Gasteiger partial charge in [-0.1, -0.05) is 6.07 Å². The van der Waals surface area contributed by atoms with E-state index in [1.165, 1.54) is 0 Å². The van der Waals surface area contributed by atoms with E-state index >= 15 is 0 Å². The average Bonchev–Trinajstić information content (AvgIpc) is 2.46. The highest BCUT2D eigenvalue weighted by Gasteiger charge is 2.16. The van der Waals surface area contributed by atoms with Gasteiger partial charge in [-0.05, 0) is 36.8 Å². The van der Waals surface area contributed by atoms with Crippen LogP contribution in [-0.2, 0) is 23.2 Å². The standard InChI is InChI=1S/C14H15FN2O3S/c1-10-3-2-6-16-14(10)8-17-21(19,20)12-4-5-13(15)11(7-12)9-18/h2-7,17-18H,8-9H2,1H3. The number of aromatic nitrogens is 1. The first-order valence-electron chi connectivity index (χ1n) is 6.23. The molecular formula is C14H15FN2O3S. The number of aryl methyl sites for hydroxylation is 1. The van der Waals surface area contributed by atoms with Crippen molar-refractivity contribution >= 4 is 10.0 Å². The molecule has 2 rings (SSSR count). The van der Waals surface area contributed by atoms with Crippen molar-refractivity contribution in [2.24, 2.45) is 0 Å². The van der Waals surface area contributed by atoms with Gasteiger partial charge in [-0.3, -0.25) is 4.98 Å². The quantitative estimate of drug-likeness (QED) is 0.877. The number of halogens is 1. The molecule has 1 aromatic carbocycles. The molecule has 2 aromatic rings. The summed E-state index contributed by atoms with van der Waals surface area (Å²) in [6.45, 7) is 1.31. The highest BCUT2D eigenvalue weighted by atomic mass is 32.2. The van der Waals surface area contributed by atoms with E-state index in [2.05, 4.69) is 9.71 Å². The van der Waals surface area contributed by atoms with E-state index in [9.17, 15) is 12.8 Å². The smallest absolute Gasteiger partial charge is 0.240 e. The number of hydrogen-bond acceptors (Lipinski definition) is 4. The molecule has 0 radical (unpaired) electrons. The number of nitrogens with one attached hydrogen (secondary N) is 1. The van der Waals surface area contributed by atoms with Crippen LogP contribution < -0.4 is 4.72 Å². The van der Waals surface area contributed by atoms with Crippen LogP contribution in [0.15, 0.2) is 41.4 Å². The molecule has 21 heavy (non-hydrogen) atoms. The van der Waals surface area contributed by atoms with E-state index in [1.54, 1.807) is 12.3 Å². The van der Waals surface area contributed by atoms with Crippen molar-refractivity contribution in [3.8, 4) is 0 Å². The van der Waals surface area contributed by atoms with Crippen molar-refractivity contribution in [3.05, 3.63) is 59.2 Å². The topological polar surface area (TPSA) is 79.3 Å². The van der Waals surface area contributed by atoms with Crippen LogP contribution in [0.4, 0.5) is 4.39 Å². The fourth-order valence-electron chi connectivity index (χ4n) is 1.79. The van der Waals surface area contributed by atoms with Gasteiger partial charge in [0.05, 0.1) is 23.7 Å². The zero-order valence-electron chi connectivity index (χ0n) is 11.4. The Labute approximate surface area is 122 Å². The lowest BCUT2D eigenvalue weighted by atomic mass is 10.2. The molecule has 112 valence electrons. The molecule has 0 atom stereocenters. The van der Waals surface area contributed by atoms with Gasteiger partial charge < -0.3 is 5.11 Å². The highest BCUT2D eigenvalue weighted by Crippen LogP contribution is 2.15. The summed E-state index contributed by atoms with van der Waals surface area (Å²) in [6.07, 6.45) is 1.58. The molecule has 0 aliphatic rings. The third-order valence-corrected chi connectivity index (χ3v) is 4.44. The number of benzene rings is 1. The maximum Gasteiger partial charge on any atom is 0.240 e. The van der Waals surface area contributed by atoms with Crippen LogP contribution in [0.5, 0.6) is 0 Å². The van der Waals surface area contributed by atoms with Crippen molar-refractivity contribution in [1.82, 2.24) is 9.71 Å². The molecule has 0 saturated carbocycles. The molecule has 0 aliphatic heterocycles. The van der Waals surface area contributed by atoms with Gasteiger partial charge in [0.1, 0.15) is 5.82 Å². The molecule has 5 nitrogen and oxygen atoms in total. The van der Waals surface area contributed by atoms with Crippen molar-refractivity contribution in [1.29, 1.82) is 0 Å². The first-order chi connectivity index (χ1) is 9.94. The first kappa shape index (κ1) is 15.6. The number of rotatable bonds is 5. The predicted molar refractivity (Wildman–Crippen MR) is 75.3 cm³/mol. The van der Waals surface area contributed by atoms with Crippen molar-refractivity contribution in [3.63, 3.8) is 0 Å². The van der Waals surface area contributed by atoms with Crippen molar-refractivity contribution in [2.75, 3.05) is 0 Å². The zero-order chi connectivity index (χ0) is 15.5. The lowest BCUT2D eigenvalue weighted by molar-refractivity contribution is 0.275. The van der Waals surface area contributed by atoms with Gasteiger partial charge in [-0.25, -0.2) is 17.5 Å². The summed E-state index contributed by atoms with van der Waals surface area (Å²) >= 11 is 0. The van der Waals surface area contributed by atoms with E-state index in [0.29, 0.717) is 5.69 Å². The molecule has 1 aromatic heterocycles. The van der Waals surface area contributed by atoms with E-state index in [0.717, 1.165) is 23.8 Å². The van der Waals surface area contributed by atoms with Crippen LogP contribution in [0.3, 0.4) is 0 Å². The van der Waals surface area contributed by atoms with Crippen LogP contribution >= 0.6 is 0 Å². The molecule has 0 bridgehead atoms. The van der Waals surface area contributed by atoms with Gasteiger partial charge in [-0.15, -0.1) is 0 Å². The van der Waals surface area contributed by atoms with Crippen LogP contribution in [0, 0.1) is 12.7 Å².